The van der Waals surface area contributed by atoms with Crippen LogP contribution in [0.4, 0.5) is 0 Å². The molecule has 22 heavy (non-hydrogen) atoms. The molecule has 0 aromatic heterocycles. The summed E-state index contributed by atoms with van der Waals surface area (Å²) in [5.41, 5.74) is 0. The smallest absolute Gasteiger partial charge is 0.267 e. The largest absolute Gasteiger partial charge is 0.393 e. The Bertz CT molecular complexity index is 341. The van der Waals surface area contributed by atoms with Gasteiger partial charge in [-0.15, -0.1) is 0 Å². The van der Waals surface area contributed by atoms with E-state index in [1.54, 1.807) is 0 Å². The van der Waals surface area contributed by atoms with E-state index in [4.69, 9.17) is 4.55 Å². The van der Waals surface area contributed by atoms with Gasteiger partial charge < -0.3 is 5.11 Å². The van der Waals surface area contributed by atoms with Gasteiger partial charge in [-0.1, -0.05) is 78.1 Å². The molecule has 2 N–H and O–H groups in total. The molecule has 0 aliphatic rings. The molecule has 0 aromatic rings. The molecule has 0 spiro atoms. The maximum Gasteiger partial charge on any atom is 0.267 e. The van der Waals surface area contributed by atoms with Gasteiger partial charge in [0, 0.05) is 0 Å². The maximum absolute atomic E-state index is 11.2. The van der Waals surface area contributed by atoms with E-state index in [1.807, 2.05) is 6.92 Å². The second kappa shape index (κ2) is 13.3. The van der Waals surface area contributed by atoms with E-state index < -0.39 is 21.5 Å². The number of rotatable bonds is 15. The summed E-state index contributed by atoms with van der Waals surface area (Å²) in [5, 5.41) is 9.12. The minimum Gasteiger partial charge on any atom is -0.393 e. The summed E-state index contributed by atoms with van der Waals surface area (Å²) in [6.45, 7) is 4.10. The lowest BCUT2D eigenvalue weighted by atomic mass is 10.0. The lowest BCUT2D eigenvalue weighted by Gasteiger charge is -2.17. The number of aliphatic hydroxyl groups excluding tert-OH is 1. The summed E-state index contributed by atoms with van der Waals surface area (Å²) in [4.78, 5) is 0. The zero-order chi connectivity index (χ0) is 16.8. The number of hydrogen-bond acceptors (Lipinski definition) is 3. The van der Waals surface area contributed by atoms with Crippen LogP contribution in [0.15, 0.2) is 0 Å². The standard InChI is InChI=1S/C17H36O4S/c1-3-5-6-7-8-9-10-11-12-14-16(18)15-17(13-4-2)22(19,20)21/h16-18H,3-15H2,1-2H3,(H,19,20,21). The Kier molecular flexibility index (Phi) is 13.2. The van der Waals surface area contributed by atoms with E-state index in [-0.39, 0.29) is 6.42 Å². The van der Waals surface area contributed by atoms with E-state index >= 15 is 0 Å². The molecule has 0 fully saturated rings. The highest BCUT2D eigenvalue weighted by Gasteiger charge is 2.24. The predicted molar refractivity (Wildman–Crippen MR) is 92.7 cm³/mol. The Balaban J connectivity index is 3.66. The van der Waals surface area contributed by atoms with Gasteiger partial charge in [-0.2, -0.15) is 8.42 Å². The van der Waals surface area contributed by atoms with Crippen LogP contribution < -0.4 is 0 Å². The van der Waals surface area contributed by atoms with Crippen molar-refractivity contribution in [1.29, 1.82) is 0 Å². The Labute approximate surface area is 137 Å². The van der Waals surface area contributed by atoms with Crippen molar-refractivity contribution in [3.05, 3.63) is 0 Å². The van der Waals surface area contributed by atoms with Gasteiger partial charge in [0.25, 0.3) is 10.1 Å². The Morgan fingerprint density at radius 2 is 1.27 bits per heavy atom. The normalized spacial score (nSPS) is 14.9. The van der Waals surface area contributed by atoms with Gasteiger partial charge in [-0.3, -0.25) is 4.55 Å². The highest BCUT2D eigenvalue weighted by atomic mass is 32.2. The monoisotopic (exact) mass is 336 g/mol. The molecule has 0 saturated heterocycles. The van der Waals surface area contributed by atoms with Crippen molar-refractivity contribution in [3.63, 3.8) is 0 Å². The van der Waals surface area contributed by atoms with Crippen LogP contribution in [0.25, 0.3) is 0 Å². The van der Waals surface area contributed by atoms with E-state index in [0.717, 1.165) is 12.8 Å². The first kappa shape index (κ1) is 21.9. The molecule has 0 aliphatic carbocycles. The van der Waals surface area contributed by atoms with E-state index in [9.17, 15) is 13.5 Å². The van der Waals surface area contributed by atoms with Crippen molar-refractivity contribution in [2.45, 2.75) is 109 Å². The average Bonchev–Trinajstić information content (AvgIpc) is 2.44. The molecule has 0 radical (unpaired) electrons. The molecular weight excluding hydrogens is 300 g/mol. The summed E-state index contributed by atoms with van der Waals surface area (Å²) in [7, 11) is -4.03. The van der Waals surface area contributed by atoms with E-state index in [0.29, 0.717) is 19.3 Å². The SMILES string of the molecule is CCCCCCCCCCCC(O)CC(CCC)S(=O)(=O)O. The van der Waals surface area contributed by atoms with Crippen molar-refractivity contribution in [3.8, 4) is 0 Å². The van der Waals surface area contributed by atoms with Crippen molar-refractivity contribution >= 4 is 10.1 Å². The molecule has 0 rings (SSSR count). The first-order chi connectivity index (χ1) is 10.4. The lowest BCUT2D eigenvalue weighted by molar-refractivity contribution is 0.147. The summed E-state index contributed by atoms with van der Waals surface area (Å²) in [5.74, 6) is 0. The minimum atomic E-state index is -4.03. The van der Waals surface area contributed by atoms with Crippen LogP contribution in [0.3, 0.4) is 0 Å². The third-order valence-electron chi connectivity index (χ3n) is 4.21. The Morgan fingerprint density at radius 1 is 0.773 bits per heavy atom. The number of hydrogen-bond donors (Lipinski definition) is 2. The van der Waals surface area contributed by atoms with Crippen LogP contribution in [0, 0.1) is 0 Å². The molecule has 134 valence electrons. The van der Waals surface area contributed by atoms with Crippen molar-refractivity contribution in [1.82, 2.24) is 0 Å². The van der Waals surface area contributed by atoms with Crippen LogP contribution in [-0.4, -0.2) is 29.4 Å². The highest BCUT2D eigenvalue weighted by Crippen LogP contribution is 2.18. The van der Waals surface area contributed by atoms with E-state index in [1.165, 1.54) is 44.9 Å². The Hall–Kier alpha value is -0.130. The second-order valence-corrected chi connectivity index (χ2v) is 8.13. The first-order valence-corrected chi connectivity index (χ1v) is 10.6. The molecule has 0 heterocycles. The summed E-state index contributed by atoms with van der Waals surface area (Å²) in [6.07, 6.45) is 12.3. The molecular formula is C17H36O4S. The van der Waals surface area contributed by atoms with Crippen LogP contribution in [-0.2, 0) is 10.1 Å². The molecule has 0 saturated carbocycles. The zero-order valence-corrected chi connectivity index (χ0v) is 15.3. The quantitative estimate of drug-likeness (QED) is 0.335. The average molecular weight is 337 g/mol. The van der Waals surface area contributed by atoms with Gasteiger partial charge >= 0.3 is 0 Å². The number of unbranched alkanes of at least 4 members (excludes halogenated alkanes) is 8. The van der Waals surface area contributed by atoms with Crippen LogP contribution in [0.5, 0.6) is 0 Å². The number of aliphatic hydroxyl groups is 1. The van der Waals surface area contributed by atoms with Crippen molar-refractivity contribution in [2.75, 3.05) is 0 Å². The summed E-state index contributed by atoms with van der Waals surface area (Å²) in [6, 6.07) is 0. The summed E-state index contributed by atoms with van der Waals surface area (Å²) >= 11 is 0. The molecule has 4 nitrogen and oxygen atoms in total. The highest BCUT2D eigenvalue weighted by molar-refractivity contribution is 7.86. The van der Waals surface area contributed by atoms with Gasteiger partial charge in [-0.25, -0.2) is 0 Å². The zero-order valence-electron chi connectivity index (χ0n) is 14.5. The fraction of sp³-hybridized carbons (Fsp3) is 1.00. The summed E-state index contributed by atoms with van der Waals surface area (Å²) < 4.78 is 31.6. The fourth-order valence-electron chi connectivity index (χ4n) is 2.82. The maximum atomic E-state index is 11.2. The van der Waals surface area contributed by atoms with Crippen LogP contribution in [0.1, 0.15) is 97.3 Å². The van der Waals surface area contributed by atoms with Gasteiger partial charge in [0.1, 0.15) is 0 Å². The lowest BCUT2D eigenvalue weighted by Crippen LogP contribution is -2.26. The van der Waals surface area contributed by atoms with Crippen LogP contribution >= 0.6 is 0 Å². The molecule has 0 aliphatic heterocycles. The van der Waals surface area contributed by atoms with Crippen molar-refractivity contribution < 1.29 is 18.1 Å². The molecule has 0 amide bonds. The molecule has 5 heteroatoms. The van der Waals surface area contributed by atoms with E-state index in [2.05, 4.69) is 6.92 Å². The third-order valence-corrected chi connectivity index (χ3v) is 5.48. The van der Waals surface area contributed by atoms with Crippen LogP contribution in [0.2, 0.25) is 0 Å². The van der Waals surface area contributed by atoms with Gasteiger partial charge in [-0.05, 0) is 19.3 Å². The molecule has 0 bridgehead atoms. The predicted octanol–water partition coefficient (Wildman–Crippen LogP) is 4.71. The fourth-order valence-corrected chi connectivity index (χ4v) is 3.82. The van der Waals surface area contributed by atoms with Gasteiger partial charge in [0.15, 0.2) is 0 Å². The topological polar surface area (TPSA) is 74.6 Å². The van der Waals surface area contributed by atoms with Crippen molar-refractivity contribution in [2.24, 2.45) is 0 Å². The van der Waals surface area contributed by atoms with Gasteiger partial charge in [0.2, 0.25) is 0 Å². The minimum absolute atomic E-state index is 0.156. The molecule has 0 aromatic carbocycles. The first-order valence-electron chi connectivity index (χ1n) is 9.06. The molecule has 2 atom stereocenters. The second-order valence-electron chi connectivity index (χ2n) is 6.43. The Morgan fingerprint density at radius 3 is 1.73 bits per heavy atom. The third kappa shape index (κ3) is 12.4. The molecule has 2 unspecified atom stereocenters. The van der Waals surface area contributed by atoms with Gasteiger partial charge in [0.05, 0.1) is 11.4 Å².